The molecule has 0 saturated heterocycles. The molecule has 0 amide bonds. The summed E-state index contributed by atoms with van der Waals surface area (Å²) in [4.78, 5) is 11.0. The van der Waals surface area contributed by atoms with Gasteiger partial charge in [0, 0.05) is 12.2 Å². The number of hydrogen-bond donors (Lipinski definition) is 2. The number of halogens is 3. The minimum atomic E-state index is -4.62. The lowest BCUT2D eigenvalue weighted by Crippen LogP contribution is -2.24. The average molecular weight is 284 g/mol. The summed E-state index contributed by atoms with van der Waals surface area (Å²) >= 11 is 0. The van der Waals surface area contributed by atoms with Crippen LogP contribution in [0.15, 0.2) is 18.2 Å². The fraction of sp³-hybridized carbons (Fsp3) is 0.385. The van der Waals surface area contributed by atoms with Gasteiger partial charge in [0.2, 0.25) is 0 Å². The molecule has 2 N–H and O–H groups in total. The predicted octanol–water partition coefficient (Wildman–Crippen LogP) is 2.85. The molecule has 4 nitrogen and oxygen atoms in total. The molecule has 0 bridgehead atoms. The summed E-state index contributed by atoms with van der Waals surface area (Å²) in [5.41, 5.74) is -2.19. The van der Waals surface area contributed by atoms with Gasteiger partial charge in [-0.1, -0.05) is 0 Å². The van der Waals surface area contributed by atoms with Gasteiger partial charge >= 0.3 is 12.1 Å². The van der Waals surface area contributed by atoms with Crippen molar-refractivity contribution in [1.82, 2.24) is 0 Å². The number of rotatable bonds is 4. The fourth-order valence-electron chi connectivity index (χ4n) is 1.87. The van der Waals surface area contributed by atoms with Gasteiger partial charge in [-0.25, -0.2) is 0 Å². The van der Waals surface area contributed by atoms with E-state index < -0.39 is 28.7 Å². The zero-order valence-electron chi connectivity index (χ0n) is 10.3. The van der Waals surface area contributed by atoms with E-state index >= 15 is 0 Å². The molecule has 0 heterocycles. The van der Waals surface area contributed by atoms with Gasteiger partial charge < -0.3 is 10.4 Å². The molecule has 0 atom stereocenters. The first-order valence-corrected chi connectivity index (χ1v) is 5.87. The number of anilines is 1. The molecule has 0 aromatic heterocycles. The van der Waals surface area contributed by atoms with Gasteiger partial charge in [-0.05, 0) is 31.0 Å². The number of carbonyl (C=O) groups is 1. The summed E-state index contributed by atoms with van der Waals surface area (Å²) in [5, 5.41) is 20.4. The van der Waals surface area contributed by atoms with Crippen molar-refractivity contribution in [3.63, 3.8) is 0 Å². The minimum absolute atomic E-state index is 0.0749. The summed E-state index contributed by atoms with van der Waals surface area (Å²) in [5.74, 6) is -0.949. The van der Waals surface area contributed by atoms with Gasteiger partial charge in [0.1, 0.15) is 0 Å². The van der Waals surface area contributed by atoms with E-state index in [-0.39, 0.29) is 12.2 Å². The lowest BCUT2D eigenvalue weighted by Gasteiger charge is -2.15. The predicted molar refractivity (Wildman–Crippen MR) is 64.0 cm³/mol. The van der Waals surface area contributed by atoms with Crippen molar-refractivity contribution >= 4 is 11.7 Å². The molecule has 20 heavy (non-hydrogen) atoms. The number of nitrogens with zero attached hydrogens (tertiary/aromatic N) is 1. The van der Waals surface area contributed by atoms with Crippen molar-refractivity contribution in [3.05, 3.63) is 29.3 Å². The SMILES string of the molecule is N#Cc1ccc(NCC2(C(=O)O)CC2)cc1C(F)(F)F. The third kappa shape index (κ3) is 2.69. The smallest absolute Gasteiger partial charge is 0.417 e. The van der Waals surface area contributed by atoms with E-state index in [0.717, 1.165) is 12.1 Å². The number of aliphatic carboxylic acids is 1. The van der Waals surface area contributed by atoms with E-state index in [9.17, 15) is 18.0 Å². The Kier molecular flexibility index (Phi) is 3.34. The molecule has 0 aliphatic heterocycles. The van der Waals surface area contributed by atoms with Crippen LogP contribution in [0.2, 0.25) is 0 Å². The topological polar surface area (TPSA) is 73.1 Å². The maximum Gasteiger partial charge on any atom is 0.417 e. The molecule has 1 aliphatic carbocycles. The van der Waals surface area contributed by atoms with Crippen molar-refractivity contribution in [2.45, 2.75) is 19.0 Å². The summed E-state index contributed by atoms with van der Waals surface area (Å²) < 4.78 is 38.3. The first kappa shape index (κ1) is 14.2. The Balaban J connectivity index is 2.18. The van der Waals surface area contributed by atoms with E-state index in [1.165, 1.54) is 12.1 Å². The van der Waals surface area contributed by atoms with Crippen molar-refractivity contribution in [2.24, 2.45) is 5.41 Å². The molecule has 0 radical (unpaired) electrons. The highest BCUT2D eigenvalue weighted by atomic mass is 19.4. The number of benzene rings is 1. The van der Waals surface area contributed by atoms with Gasteiger partial charge in [-0.15, -0.1) is 0 Å². The second-order valence-corrected chi connectivity index (χ2v) is 4.81. The summed E-state index contributed by atoms with van der Waals surface area (Å²) in [6, 6.07) is 4.73. The van der Waals surface area contributed by atoms with Gasteiger partial charge in [-0.2, -0.15) is 18.4 Å². The second kappa shape index (κ2) is 4.71. The van der Waals surface area contributed by atoms with Crippen molar-refractivity contribution in [3.8, 4) is 6.07 Å². The van der Waals surface area contributed by atoms with Crippen LogP contribution < -0.4 is 5.32 Å². The van der Waals surface area contributed by atoms with Crippen LogP contribution >= 0.6 is 0 Å². The minimum Gasteiger partial charge on any atom is -0.481 e. The van der Waals surface area contributed by atoms with E-state index in [0.29, 0.717) is 12.8 Å². The molecule has 1 aliphatic rings. The first-order valence-electron chi connectivity index (χ1n) is 5.87. The molecule has 1 fully saturated rings. The highest BCUT2D eigenvalue weighted by Gasteiger charge is 2.50. The Bertz CT molecular complexity index is 586. The molecule has 106 valence electrons. The van der Waals surface area contributed by atoms with Crippen LogP contribution in [0.4, 0.5) is 18.9 Å². The van der Waals surface area contributed by atoms with Crippen LogP contribution in [0, 0.1) is 16.7 Å². The molecule has 0 spiro atoms. The lowest BCUT2D eigenvalue weighted by atomic mass is 10.1. The quantitative estimate of drug-likeness (QED) is 0.891. The van der Waals surface area contributed by atoms with Gasteiger partial charge in [0.15, 0.2) is 0 Å². The Morgan fingerprint density at radius 2 is 2.10 bits per heavy atom. The maximum absolute atomic E-state index is 12.8. The van der Waals surface area contributed by atoms with Crippen LogP contribution in [0.1, 0.15) is 24.0 Å². The van der Waals surface area contributed by atoms with Crippen molar-refractivity contribution in [2.75, 3.05) is 11.9 Å². The van der Waals surface area contributed by atoms with Gasteiger partial charge in [0.25, 0.3) is 0 Å². The van der Waals surface area contributed by atoms with Crippen molar-refractivity contribution < 1.29 is 23.1 Å². The van der Waals surface area contributed by atoms with Crippen LogP contribution in [0.3, 0.4) is 0 Å². The lowest BCUT2D eigenvalue weighted by molar-refractivity contribution is -0.142. The van der Waals surface area contributed by atoms with E-state index in [2.05, 4.69) is 5.32 Å². The van der Waals surface area contributed by atoms with Crippen LogP contribution in [0.5, 0.6) is 0 Å². The molecule has 1 saturated carbocycles. The third-order valence-electron chi connectivity index (χ3n) is 3.38. The van der Waals surface area contributed by atoms with Crippen LogP contribution in [0.25, 0.3) is 0 Å². The van der Waals surface area contributed by atoms with Crippen LogP contribution in [-0.4, -0.2) is 17.6 Å². The zero-order valence-corrected chi connectivity index (χ0v) is 10.3. The number of nitriles is 1. The number of carboxylic acid groups (broad SMARTS) is 1. The summed E-state index contributed by atoms with van der Waals surface area (Å²) in [7, 11) is 0. The second-order valence-electron chi connectivity index (χ2n) is 4.81. The fourth-order valence-corrected chi connectivity index (χ4v) is 1.87. The van der Waals surface area contributed by atoms with E-state index in [1.807, 2.05) is 0 Å². The highest BCUT2D eigenvalue weighted by Crippen LogP contribution is 2.46. The first-order chi connectivity index (χ1) is 9.28. The van der Waals surface area contributed by atoms with Gasteiger partial charge in [0.05, 0.1) is 22.6 Å². The molecular formula is C13H11F3N2O2. The highest BCUT2D eigenvalue weighted by molar-refractivity contribution is 5.78. The third-order valence-corrected chi connectivity index (χ3v) is 3.38. The van der Waals surface area contributed by atoms with E-state index in [1.54, 1.807) is 0 Å². The monoisotopic (exact) mass is 284 g/mol. The number of hydrogen-bond acceptors (Lipinski definition) is 3. The number of alkyl halides is 3. The zero-order chi connectivity index (χ0) is 15.0. The summed E-state index contributed by atoms with van der Waals surface area (Å²) in [6.45, 7) is 0.0749. The number of carboxylic acids is 1. The Hall–Kier alpha value is -2.23. The molecule has 7 heteroatoms. The summed E-state index contributed by atoms with van der Waals surface area (Å²) in [6.07, 6.45) is -3.59. The standard InChI is InChI=1S/C13H11F3N2O2/c14-13(15,16)10-5-9(2-1-8(10)6-17)18-7-12(3-4-12)11(19)20/h1-2,5,18H,3-4,7H2,(H,19,20). The Labute approximate surface area is 112 Å². The molecular weight excluding hydrogens is 273 g/mol. The van der Waals surface area contributed by atoms with Gasteiger partial charge in [-0.3, -0.25) is 4.79 Å². The molecule has 1 aromatic rings. The van der Waals surface area contributed by atoms with E-state index in [4.69, 9.17) is 10.4 Å². The maximum atomic E-state index is 12.8. The molecule has 1 aromatic carbocycles. The Morgan fingerprint density at radius 3 is 2.55 bits per heavy atom. The normalized spacial score (nSPS) is 16.3. The number of nitrogens with one attached hydrogen (secondary N) is 1. The average Bonchev–Trinajstić information content (AvgIpc) is 3.16. The Morgan fingerprint density at radius 1 is 1.45 bits per heavy atom. The van der Waals surface area contributed by atoms with Crippen molar-refractivity contribution in [1.29, 1.82) is 5.26 Å². The largest absolute Gasteiger partial charge is 0.481 e. The molecule has 2 rings (SSSR count). The van der Waals surface area contributed by atoms with Crippen LogP contribution in [-0.2, 0) is 11.0 Å². The molecule has 0 unspecified atom stereocenters.